The minimum absolute atomic E-state index is 0.350. The van der Waals surface area contributed by atoms with Gasteiger partial charge in [-0.1, -0.05) is 36.4 Å². The zero-order chi connectivity index (χ0) is 20.8. The summed E-state index contributed by atoms with van der Waals surface area (Å²) in [4.78, 5) is 7.62. The molecule has 162 valence electrons. The van der Waals surface area contributed by atoms with Crippen LogP contribution in [0.15, 0.2) is 53.2 Å². The first-order chi connectivity index (χ1) is 14.7. The molecular formula is C26H37N3O. The van der Waals surface area contributed by atoms with Crippen molar-refractivity contribution in [3.8, 4) is 0 Å². The van der Waals surface area contributed by atoms with Crippen molar-refractivity contribution in [2.45, 2.75) is 45.6 Å². The molecule has 2 atom stereocenters. The van der Waals surface area contributed by atoms with Crippen molar-refractivity contribution in [2.24, 2.45) is 16.8 Å². The third kappa shape index (κ3) is 5.61. The lowest BCUT2D eigenvalue weighted by molar-refractivity contribution is 0.0387. The van der Waals surface area contributed by atoms with Crippen LogP contribution in [-0.4, -0.2) is 56.0 Å². The molecule has 2 unspecified atom stereocenters. The molecule has 4 nitrogen and oxygen atoms in total. The van der Waals surface area contributed by atoms with E-state index in [9.17, 15) is 0 Å². The van der Waals surface area contributed by atoms with Gasteiger partial charge in [0.25, 0.3) is 0 Å². The lowest BCUT2D eigenvalue weighted by atomic mass is 9.76. The average molecular weight is 408 g/mol. The fourth-order valence-corrected chi connectivity index (χ4v) is 4.91. The van der Waals surface area contributed by atoms with E-state index < -0.39 is 0 Å². The van der Waals surface area contributed by atoms with Crippen LogP contribution in [-0.2, 0) is 17.6 Å². The van der Waals surface area contributed by atoms with Gasteiger partial charge in [-0.3, -0.25) is 9.89 Å². The highest BCUT2D eigenvalue weighted by Crippen LogP contribution is 2.31. The number of rotatable bonds is 7. The maximum absolute atomic E-state index is 5.43. The quantitative estimate of drug-likeness (QED) is 0.694. The normalized spacial score (nSPS) is 25.2. The van der Waals surface area contributed by atoms with Crippen molar-refractivity contribution in [1.82, 2.24) is 10.2 Å². The smallest absolute Gasteiger partial charge is 0.0594 e. The molecule has 0 bridgehead atoms. The molecular weight excluding hydrogens is 370 g/mol. The van der Waals surface area contributed by atoms with E-state index in [4.69, 9.17) is 9.73 Å². The Bertz CT molecular complexity index is 789. The van der Waals surface area contributed by atoms with Crippen molar-refractivity contribution >= 4 is 5.71 Å². The number of nitrogens with one attached hydrogen (secondary N) is 1. The van der Waals surface area contributed by atoms with E-state index in [-0.39, 0.29) is 0 Å². The van der Waals surface area contributed by atoms with Gasteiger partial charge in [-0.2, -0.15) is 0 Å². The molecule has 4 heteroatoms. The average Bonchev–Trinajstić information content (AvgIpc) is 2.78. The molecule has 3 aliphatic rings. The largest absolute Gasteiger partial charge is 0.384 e. The molecule has 1 aromatic rings. The predicted molar refractivity (Wildman–Crippen MR) is 125 cm³/mol. The maximum Gasteiger partial charge on any atom is 0.0594 e. The fourth-order valence-electron chi connectivity index (χ4n) is 4.91. The van der Waals surface area contributed by atoms with Gasteiger partial charge in [-0.25, -0.2) is 0 Å². The lowest BCUT2D eigenvalue weighted by Crippen LogP contribution is -2.40. The molecule has 1 aromatic carbocycles. The minimum atomic E-state index is 0.350. The van der Waals surface area contributed by atoms with Crippen molar-refractivity contribution in [3.63, 3.8) is 0 Å². The van der Waals surface area contributed by atoms with E-state index in [0.29, 0.717) is 17.9 Å². The number of nitrogens with zero attached hydrogens (tertiary/aromatic N) is 2. The van der Waals surface area contributed by atoms with Crippen molar-refractivity contribution in [3.05, 3.63) is 59.3 Å². The lowest BCUT2D eigenvalue weighted by Gasteiger charge is -2.31. The molecule has 0 spiro atoms. The Kier molecular flexibility index (Phi) is 7.40. The number of morpholine rings is 1. The Morgan fingerprint density at radius 3 is 2.73 bits per heavy atom. The van der Waals surface area contributed by atoms with E-state index in [1.807, 2.05) is 0 Å². The molecule has 1 aliphatic heterocycles. The van der Waals surface area contributed by atoms with Crippen molar-refractivity contribution in [2.75, 3.05) is 39.4 Å². The number of fused-ring (bicyclic) bond motifs is 1. The minimum Gasteiger partial charge on any atom is -0.384 e. The van der Waals surface area contributed by atoms with Gasteiger partial charge in [0.2, 0.25) is 0 Å². The van der Waals surface area contributed by atoms with Gasteiger partial charge in [-0.05, 0) is 56.7 Å². The van der Waals surface area contributed by atoms with Crippen LogP contribution < -0.4 is 5.32 Å². The highest BCUT2D eigenvalue weighted by atomic mass is 16.5. The number of aliphatic imine (C=N–C) groups is 1. The van der Waals surface area contributed by atoms with Gasteiger partial charge in [0.15, 0.2) is 0 Å². The number of aryl methyl sites for hydroxylation is 1. The van der Waals surface area contributed by atoms with Crippen LogP contribution >= 0.6 is 0 Å². The summed E-state index contributed by atoms with van der Waals surface area (Å²) in [5.41, 5.74) is 5.73. The third-order valence-electron chi connectivity index (χ3n) is 6.51. The zero-order valence-corrected chi connectivity index (χ0v) is 18.6. The van der Waals surface area contributed by atoms with E-state index in [0.717, 1.165) is 52.2 Å². The molecule has 4 rings (SSSR count). The van der Waals surface area contributed by atoms with E-state index in [1.165, 1.54) is 35.4 Å². The van der Waals surface area contributed by atoms with Crippen LogP contribution in [0.2, 0.25) is 0 Å². The first kappa shape index (κ1) is 21.3. The molecule has 0 saturated carbocycles. The number of hydrogen-bond acceptors (Lipinski definition) is 4. The van der Waals surface area contributed by atoms with Crippen LogP contribution in [0.3, 0.4) is 0 Å². The molecule has 0 aromatic heterocycles. The van der Waals surface area contributed by atoms with Gasteiger partial charge in [0, 0.05) is 55.5 Å². The Labute approximate surface area is 182 Å². The number of allylic oxidation sites excluding steroid dienone is 3. The van der Waals surface area contributed by atoms with Crippen LogP contribution in [0.4, 0.5) is 0 Å². The van der Waals surface area contributed by atoms with Crippen LogP contribution in [0.25, 0.3) is 0 Å². The summed E-state index contributed by atoms with van der Waals surface area (Å²) < 4.78 is 5.43. The third-order valence-corrected chi connectivity index (χ3v) is 6.51. The Morgan fingerprint density at radius 2 is 2.00 bits per heavy atom. The summed E-state index contributed by atoms with van der Waals surface area (Å²) in [6.45, 7) is 10.3. The van der Waals surface area contributed by atoms with Crippen LogP contribution in [0.1, 0.15) is 37.8 Å². The Hall–Kier alpha value is -1.91. The summed E-state index contributed by atoms with van der Waals surface area (Å²) in [5.74, 6) is 1.01. The molecule has 1 N–H and O–H groups in total. The van der Waals surface area contributed by atoms with Crippen LogP contribution in [0.5, 0.6) is 0 Å². The molecule has 2 aliphatic carbocycles. The summed E-state index contributed by atoms with van der Waals surface area (Å²) in [6.07, 6.45) is 11.6. The van der Waals surface area contributed by atoms with E-state index >= 15 is 0 Å². The topological polar surface area (TPSA) is 36.9 Å². The summed E-state index contributed by atoms with van der Waals surface area (Å²) in [6, 6.07) is 9.30. The molecule has 0 amide bonds. The van der Waals surface area contributed by atoms with E-state index in [2.05, 4.69) is 66.6 Å². The summed E-state index contributed by atoms with van der Waals surface area (Å²) in [7, 11) is 0. The van der Waals surface area contributed by atoms with Gasteiger partial charge >= 0.3 is 0 Å². The second kappa shape index (κ2) is 10.4. The molecule has 1 heterocycles. The van der Waals surface area contributed by atoms with E-state index in [1.54, 1.807) is 0 Å². The first-order valence-electron chi connectivity index (χ1n) is 11.8. The SMILES string of the molecule is CC(C)N=C(C1C=CC(NCCN2CCOCC2)=CC1)C1CCc2ccccc2C1. The summed E-state index contributed by atoms with van der Waals surface area (Å²) >= 11 is 0. The highest BCUT2D eigenvalue weighted by molar-refractivity contribution is 5.91. The van der Waals surface area contributed by atoms with Gasteiger partial charge in [0.05, 0.1) is 13.2 Å². The van der Waals surface area contributed by atoms with Gasteiger partial charge in [-0.15, -0.1) is 0 Å². The van der Waals surface area contributed by atoms with Gasteiger partial charge in [0.1, 0.15) is 0 Å². The first-order valence-corrected chi connectivity index (χ1v) is 11.8. The zero-order valence-electron chi connectivity index (χ0n) is 18.6. The molecule has 1 fully saturated rings. The van der Waals surface area contributed by atoms with Crippen LogP contribution in [0, 0.1) is 11.8 Å². The Balaban J connectivity index is 1.34. The second-order valence-electron chi connectivity index (χ2n) is 9.10. The number of ether oxygens (including phenoxy) is 1. The monoisotopic (exact) mass is 407 g/mol. The highest BCUT2D eigenvalue weighted by Gasteiger charge is 2.27. The number of benzene rings is 1. The fraction of sp³-hybridized carbons (Fsp3) is 0.577. The van der Waals surface area contributed by atoms with Gasteiger partial charge < -0.3 is 10.1 Å². The number of hydrogen-bond donors (Lipinski definition) is 1. The molecule has 0 radical (unpaired) electrons. The van der Waals surface area contributed by atoms with Crippen molar-refractivity contribution < 1.29 is 4.74 Å². The summed E-state index contributed by atoms with van der Waals surface area (Å²) in [5, 5.41) is 3.61. The predicted octanol–water partition coefficient (Wildman–Crippen LogP) is 4.02. The second-order valence-corrected chi connectivity index (χ2v) is 9.10. The molecule has 1 saturated heterocycles. The maximum atomic E-state index is 5.43. The standard InChI is InChI=1S/C26H37N3O/c1-20(2)28-26(24-8-7-21-5-3-4-6-23(21)19-24)22-9-11-25(12-10-22)27-13-14-29-15-17-30-18-16-29/h3-6,9,11-12,20,22,24,27H,7-8,10,13-19H2,1-2H3. The van der Waals surface area contributed by atoms with Crippen molar-refractivity contribution in [1.29, 1.82) is 0 Å². The molecule has 30 heavy (non-hydrogen) atoms. The Morgan fingerprint density at radius 1 is 1.20 bits per heavy atom.